The van der Waals surface area contributed by atoms with E-state index in [1.165, 1.54) is 6.26 Å². The van der Waals surface area contributed by atoms with Gasteiger partial charge in [-0.2, -0.15) is 0 Å². The average molecular weight is 306 g/mol. The van der Waals surface area contributed by atoms with Gasteiger partial charge >= 0.3 is 0 Å². The number of carbonyl (C=O) groups is 2. The first-order valence-corrected chi connectivity index (χ1v) is 8.24. The second-order valence-electron chi connectivity index (χ2n) is 5.98. The Morgan fingerprint density at radius 1 is 1.41 bits per heavy atom. The molecule has 1 aromatic rings. The van der Waals surface area contributed by atoms with E-state index in [9.17, 15) is 9.59 Å². The highest BCUT2D eigenvalue weighted by Crippen LogP contribution is 2.20. The van der Waals surface area contributed by atoms with Gasteiger partial charge < -0.3 is 14.6 Å². The zero-order chi connectivity index (χ0) is 15.9. The molecule has 2 heterocycles. The molecule has 1 saturated heterocycles. The molecule has 122 valence electrons. The van der Waals surface area contributed by atoms with E-state index in [2.05, 4.69) is 12.2 Å². The van der Waals surface area contributed by atoms with Crippen molar-refractivity contribution in [1.82, 2.24) is 10.2 Å². The van der Waals surface area contributed by atoms with Gasteiger partial charge in [0, 0.05) is 19.6 Å². The zero-order valence-electron chi connectivity index (χ0n) is 13.6. The van der Waals surface area contributed by atoms with Gasteiger partial charge in [0.1, 0.15) is 5.76 Å². The predicted octanol–water partition coefficient (Wildman–Crippen LogP) is 2.75. The standard InChI is InChI=1S/C17H26N2O3/c1-3-4-5-9-18-16(20)14-7-6-10-19(12-14)17(21)15-8-11-22-13(15)2/h8,11,14H,3-7,9-10,12H2,1-2H3,(H,18,20). The number of hydrogen-bond donors (Lipinski definition) is 1. The summed E-state index contributed by atoms with van der Waals surface area (Å²) in [6.07, 6.45) is 6.56. The smallest absolute Gasteiger partial charge is 0.257 e. The van der Waals surface area contributed by atoms with Crippen LogP contribution in [0.25, 0.3) is 0 Å². The van der Waals surface area contributed by atoms with E-state index in [4.69, 9.17) is 4.42 Å². The summed E-state index contributed by atoms with van der Waals surface area (Å²) in [7, 11) is 0. The number of hydrogen-bond acceptors (Lipinski definition) is 3. The van der Waals surface area contributed by atoms with Crippen molar-refractivity contribution in [2.75, 3.05) is 19.6 Å². The molecule has 5 heteroatoms. The number of rotatable bonds is 6. The molecule has 0 aromatic carbocycles. The Hall–Kier alpha value is -1.78. The lowest BCUT2D eigenvalue weighted by Gasteiger charge is -2.32. The van der Waals surface area contributed by atoms with E-state index in [0.717, 1.165) is 38.6 Å². The Bertz CT molecular complexity index is 510. The van der Waals surface area contributed by atoms with Crippen LogP contribution in [0.4, 0.5) is 0 Å². The monoisotopic (exact) mass is 306 g/mol. The lowest BCUT2D eigenvalue weighted by molar-refractivity contribution is -0.126. The van der Waals surface area contributed by atoms with Crippen LogP contribution in [0.3, 0.4) is 0 Å². The predicted molar refractivity (Wildman–Crippen MR) is 84.6 cm³/mol. The minimum Gasteiger partial charge on any atom is -0.469 e. The summed E-state index contributed by atoms with van der Waals surface area (Å²) in [4.78, 5) is 26.5. The van der Waals surface area contributed by atoms with Gasteiger partial charge in [0.2, 0.25) is 5.91 Å². The summed E-state index contributed by atoms with van der Waals surface area (Å²) in [6.45, 7) is 5.88. The van der Waals surface area contributed by atoms with E-state index in [0.29, 0.717) is 24.4 Å². The van der Waals surface area contributed by atoms with Crippen molar-refractivity contribution in [1.29, 1.82) is 0 Å². The van der Waals surface area contributed by atoms with E-state index >= 15 is 0 Å². The number of nitrogens with zero attached hydrogens (tertiary/aromatic N) is 1. The van der Waals surface area contributed by atoms with Crippen molar-refractivity contribution in [2.45, 2.75) is 46.0 Å². The van der Waals surface area contributed by atoms with Gasteiger partial charge in [-0.15, -0.1) is 0 Å². The highest BCUT2D eigenvalue weighted by Gasteiger charge is 2.29. The molecule has 0 bridgehead atoms. The number of aryl methyl sites for hydroxylation is 1. The van der Waals surface area contributed by atoms with Crippen molar-refractivity contribution >= 4 is 11.8 Å². The fraction of sp³-hybridized carbons (Fsp3) is 0.647. The maximum absolute atomic E-state index is 12.5. The molecule has 22 heavy (non-hydrogen) atoms. The van der Waals surface area contributed by atoms with Crippen molar-refractivity contribution in [3.8, 4) is 0 Å². The fourth-order valence-electron chi connectivity index (χ4n) is 2.88. The Morgan fingerprint density at radius 3 is 2.91 bits per heavy atom. The molecule has 1 fully saturated rings. The number of amides is 2. The Labute approximate surface area is 132 Å². The molecule has 1 N–H and O–H groups in total. The lowest BCUT2D eigenvalue weighted by atomic mass is 9.96. The molecule has 1 aliphatic heterocycles. The van der Waals surface area contributed by atoms with Crippen molar-refractivity contribution < 1.29 is 14.0 Å². The summed E-state index contributed by atoms with van der Waals surface area (Å²) in [5, 5.41) is 3.00. The topological polar surface area (TPSA) is 62.6 Å². The molecular weight excluding hydrogens is 280 g/mol. The van der Waals surface area contributed by atoms with Crippen molar-refractivity contribution in [2.24, 2.45) is 5.92 Å². The molecule has 2 rings (SSSR count). The summed E-state index contributed by atoms with van der Waals surface area (Å²) < 4.78 is 5.20. The zero-order valence-corrected chi connectivity index (χ0v) is 13.6. The van der Waals surface area contributed by atoms with Crippen LogP contribution in [0, 0.1) is 12.8 Å². The third-order valence-corrected chi connectivity index (χ3v) is 4.25. The van der Waals surface area contributed by atoms with Gasteiger partial charge in [-0.25, -0.2) is 0 Å². The highest BCUT2D eigenvalue weighted by atomic mass is 16.3. The molecule has 2 amide bonds. The quantitative estimate of drug-likeness (QED) is 0.822. The Morgan fingerprint density at radius 2 is 2.23 bits per heavy atom. The first kappa shape index (κ1) is 16.6. The maximum atomic E-state index is 12.5. The van der Waals surface area contributed by atoms with Crippen LogP contribution in [0.5, 0.6) is 0 Å². The Balaban J connectivity index is 1.87. The number of furan rings is 1. The average Bonchev–Trinajstić information content (AvgIpc) is 2.97. The minimum absolute atomic E-state index is 0.0327. The Kier molecular flexibility index (Phi) is 6.04. The molecule has 1 unspecified atom stereocenters. The summed E-state index contributed by atoms with van der Waals surface area (Å²) in [5.41, 5.74) is 0.601. The molecule has 0 saturated carbocycles. The fourth-order valence-corrected chi connectivity index (χ4v) is 2.88. The van der Waals surface area contributed by atoms with Crippen LogP contribution in [-0.4, -0.2) is 36.3 Å². The molecule has 5 nitrogen and oxygen atoms in total. The molecular formula is C17H26N2O3. The number of unbranched alkanes of at least 4 members (excludes halogenated alkanes) is 2. The first-order chi connectivity index (χ1) is 10.6. The van der Waals surface area contributed by atoms with Gasteiger partial charge in [-0.05, 0) is 32.3 Å². The van der Waals surface area contributed by atoms with Crippen LogP contribution in [0.15, 0.2) is 16.7 Å². The molecule has 1 atom stereocenters. The van der Waals surface area contributed by atoms with E-state index in [1.54, 1.807) is 17.9 Å². The largest absolute Gasteiger partial charge is 0.469 e. The number of likely N-dealkylation sites (tertiary alicyclic amines) is 1. The summed E-state index contributed by atoms with van der Waals surface area (Å²) in [5.74, 6) is 0.593. The third-order valence-electron chi connectivity index (χ3n) is 4.25. The third kappa shape index (κ3) is 4.12. The van der Waals surface area contributed by atoms with Gasteiger partial charge in [0.05, 0.1) is 17.7 Å². The van der Waals surface area contributed by atoms with Gasteiger partial charge in [0.15, 0.2) is 0 Å². The van der Waals surface area contributed by atoms with Crippen molar-refractivity contribution in [3.63, 3.8) is 0 Å². The van der Waals surface area contributed by atoms with Gasteiger partial charge in [0.25, 0.3) is 5.91 Å². The molecule has 1 aromatic heterocycles. The highest BCUT2D eigenvalue weighted by molar-refractivity contribution is 5.95. The van der Waals surface area contributed by atoms with E-state index in [-0.39, 0.29) is 17.7 Å². The SMILES string of the molecule is CCCCCNC(=O)C1CCCN(C(=O)c2ccoc2C)C1. The normalized spacial score (nSPS) is 18.3. The van der Waals surface area contributed by atoms with Gasteiger partial charge in [-0.3, -0.25) is 9.59 Å². The number of carbonyl (C=O) groups excluding carboxylic acids is 2. The maximum Gasteiger partial charge on any atom is 0.257 e. The summed E-state index contributed by atoms with van der Waals surface area (Å²) in [6, 6.07) is 1.70. The second-order valence-corrected chi connectivity index (χ2v) is 5.98. The second kappa shape index (κ2) is 8.01. The van der Waals surface area contributed by atoms with Crippen LogP contribution < -0.4 is 5.32 Å². The molecule has 0 radical (unpaired) electrons. The molecule has 0 spiro atoms. The lowest BCUT2D eigenvalue weighted by Crippen LogP contribution is -2.45. The van der Waals surface area contributed by atoms with Gasteiger partial charge in [-0.1, -0.05) is 19.8 Å². The minimum atomic E-state index is -0.0912. The first-order valence-electron chi connectivity index (χ1n) is 8.24. The van der Waals surface area contributed by atoms with Crippen LogP contribution in [0.1, 0.15) is 55.1 Å². The van der Waals surface area contributed by atoms with Crippen molar-refractivity contribution in [3.05, 3.63) is 23.7 Å². The van der Waals surface area contributed by atoms with E-state index in [1.807, 2.05) is 0 Å². The van der Waals surface area contributed by atoms with Crippen LogP contribution in [0.2, 0.25) is 0 Å². The number of nitrogens with one attached hydrogen (secondary N) is 1. The van der Waals surface area contributed by atoms with Crippen LogP contribution >= 0.6 is 0 Å². The van der Waals surface area contributed by atoms with Crippen LogP contribution in [-0.2, 0) is 4.79 Å². The summed E-state index contributed by atoms with van der Waals surface area (Å²) >= 11 is 0. The molecule has 0 aliphatic carbocycles. The number of piperidine rings is 1. The van der Waals surface area contributed by atoms with E-state index < -0.39 is 0 Å². The molecule has 1 aliphatic rings.